The largest absolute Gasteiger partial charge is 0.388 e. The fraction of sp³-hybridized carbons (Fsp3) is 0.0667. The minimum absolute atomic E-state index is 0.0558. The smallest absolute Gasteiger partial charge is 0.269 e. The van der Waals surface area contributed by atoms with Crippen LogP contribution in [0.25, 0.3) is 0 Å². The molecule has 6 nitrogen and oxygen atoms in total. The zero-order valence-electron chi connectivity index (χ0n) is 11.4. The maximum Gasteiger partial charge on any atom is 0.269 e. The standard InChI is InChI=1S/C15H14N4O2/c1-16-14-6-2-12(3-7-14)10-17-18-11-13-4-8-15(9-5-13)19(20)21/h2-11,16H,1H3/b17-10+,18-11+. The van der Waals surface area contributed by atoms with Crippen molar-refractivity contribution in [1.82, 2.24) is 0 Å². The Labute approximate surface area is 122 Å². The zero-order chi connectivity index (χ0) is 15.1. The van der Waals surface area contributed by atoms with Crippen LogP contribution in [0, 0.1) is 10.1 Å². The van der Waals surface area contributed by atoms with Gasteiger partial charge in [0.25, 0.3) is 5.69 Å². The molecule has 0 heterocycles. The summed E-state index contributed by atoms with van der Waals surface area (Å²) < 4.78 is 0. The molecule has 0 amide bonds. The molecular weight excluding hydrogens is 268 g/mol. The molecule has 2 aromatic rings. The van der Waals surface area contributed by atoms with E-state index >= 15 is 0 Å². The van der Waals surface area contributed by atoms with Crippen molar-refractivity contribution in [3.63, 3.8) is 0 Å². The number of nitro benzene ring substituents is 1. The second kappa shape index (κ2) is 6.95. The average Bonchev–Trinajstić information content (AvgIpc) is 2.52. The summed E-state index contributed by atoms with van der Waals surface area (Å²) in [6.07, 6.45) is 3.18. The predicted molar refractivity (Wildman–Crippen MR) is 84.3 cm³/mol. The summed E-state index contributed by atoms with van der Waals surface area (Å²) in [6, 6.07) is 13.9. The van der Waals surface area contributed by atoms with E-state index in [0.29, 0.717) is 0 Å². The van der Waals surface area contributed by atoms with Gasteiger partial charge >= 0.3 is 0 Å². The average molecular weight is 282 g/mol. The second-order valence-corrected chi connectivity index (χ2v) is 4.21. The summed E-state index contributed by atoms with van der Waals surface area (Å²) in [6.45, 7) is 0. The molecule has 0 aliphatic heterocycles. The summed E-state index contributed by atoms with van der Waals surface area (Å²) in [4.78, 5) is 10.1. The van der Waals surface area contributed by atoms with Gasteiger partial charge in [-0.1, -0.05) is 12.1 Å². The van der Waals surface area contributed by atoms with Gasteiger partial charge in [-0.25, -0.2) is 0 Å². The van der Waals surface area contributed by atoms with E-state index in [1.807, 2.05) is 31.3 Å². The lowest BCUT2D eigenvalue weighted by molar-refractivity contribution is -0.384. The van der Waals surface area contributed by atoms with Gasteiger partial charge in [-0.05, 0) is 35.4 Å². The number of nitrogens with one attached hydrogen (secondary N) is 1. The number of anilines is 1. The summed E-state index contributed by atoms with van der Waals surface area (Å²) in [5.74, 6) is 0. The molecule has 0 atom stereocenters. The number of hydrogen-bond acceptors (Lipinski definition) is 5. The first-order chi connectivity index (χ1) is 10.2. The van der Waals surface area contributed by atoms with Crippen molar-refractivity contribution in [2.45, 2.75) is 0 Å². The zero-order valence-corrected chi connectivity index (χ0v) is 11.4. The highest BCUT2D eigenvalue weighted by Gasteiger charge is 2.02. The minimum atomic E-state index is -0.437. The molecule has 21 heavy (non-hydrogen) atoms. The van der Waals surface area contributed by atoms with Crippen LogP contribution in [0.5, 0.6) is 0 Å². The number of hydrogen-bond donors (Lipinski definition) is 1. The molecule has 1 N–H and O–H groups in total. The molecule has 0 spiro atoms. The lowest BCUT2D eigenvalue weighted by Gasteiger charge is -1.98. The molecule has 2 aromatic carbocycles. The first-order valence-corrected chi connectivity index (χ1v) is 6.28. The van der Waals surface area contributed by atoms with Crippen molar-refractivity contribution in [2.75, 3.05) is 12.4 Å². The first kappa shape index (κ1) is 14.4. The highest BCUT2D eigenvalue weighted by atomic mass is 16.6. The Morgan fingerprint density at radius 1 is 0.952 bits per heavy atom. The third-order valence-corrected chi connectivity index (χ3v) is 2.78. The lowest BCUT2D eigenvalue weighted by atomic mass is 10.2. The van der Waals surface area contributed by atoms with Gasteiger partial charge in [0.2, 0.25) is 0 Å². The fourth-order valence-corrected chi connectivity index (χ4v) is 1.62. The van der Waals surface area contributed by atoms with Crippen LogP contribution in [0.1, 0.15) is 11.1 Å². The van der Waals surface area contributed by atoms with E-state index in [9.17, 15) is 10.1 Å². The van der Waals surface area contributed by atoms with E-state index in [1.165, 1.54) is 12.1 Å². The molecule has 0 unspecified atom stereocenters. The van der Waals surface area contributed by atoms with Crippen molar-refractivity contribution in [1.29, 1.82) is 0 Å². The molecule has 0 saturated heterocycles. The van der Waals surface area contributed by atoms with Gasteiger partial charge in [0.05, 0.1) is 17.4 Å². The summed E-state index contributed by atoms with van der Waals surface area (Å²) in [5, 5.41) is 21.4. The Balaban J connectivity index is 1.97. The van der Waals surface area contributed by atoms with Crippen LogP contribution in [0.2, 0.25) is 0 Å². The van der Waals surface area contributed by atoms with E-state index in [0.717, 1.165) is 16.8 Å². The van der Waals surface area contributed by atoms with Crippen LogP contribution in [0.3, 0.4) is 0 Å². The van der Waals surface area contributed by atoms with Crippen LogP contribution in [0.4, 0.5) is 11.4 Å². The number of rotatable bonds is 5. The maximum atomic E-state index is 10.5. The predicted octanol–water partition coefficient (Wildman–Crippen LogP) is 3.09. The normalized spacial score (nSPS) is 11.1. The third kappa shape index (κ3) is 4.24. The maximum absolute atomic E-state index is 10.5. The molecule has 0 bridgehead atoms. The van der Waals surface area contributed by atoms with Crippen molar-refractivity contribution in [2.24, 2.45) is 10.2 Å². The Kier molecular flexibility index (Phi) is 4.76. The van der Waals surface area contributed by atoms with Gasteiger partial charge in [0, 0.05) is 24.9 Å². The van der Waals surface area contributed by atoms with E-state index < -0.39 is 4.92 Å². The highest BCUT2D eigenvalue weighted by Crippen LogP contribution is 2.10. The molecule has 0 fully saturated rings. The van der Waals surface area contributed by atoms with Gasteiger partial charge in [-0.2, -0.15) is 10.2 Å². The molecule has 0 aliphatic carbocycles. The third-order valence-electron chi connectivity index (χ3n) is 2.78. The molecule has 2 rings (SSSR count). The van der Waals surface area contributed by atoms with E-state index in [1.54, 1.807) is 24.6 Å². The molecule has 0 radical (unpaired) electrons. The number of nitrogens with zero attached hydrogens (tertiary/aromatic N) is 3. The lowest BCUT2D eigenvalue weighted by Crippen LogP contribution is -1.88. The molecule has 106 valence electrons. The Bertz CT molecular complexity index is 661. The summed E-state index contributed by atoms with van der Waals surface area (Å²) in [7, 11) is 1.86. The summed E-state index contributed by atoms with van der Waals surface area (Å²) >= 11 is 0. The quantitative estimate of drug-likeness (QED) is 0.520. The molecular formula is C15H14N4O2. The molecule has 6 heteroatoms. The van der Waals surface area contributed by atoms with Crippen molar-refractivity contribution >= 4 is 23.8 Å². The second-order valence-electron chi connectivity index (χ2n) is 4.21. The van der Waals surface area contributed by atoms with Gasteiger partial charge in [-0.3, -0.25) is 10.1 Å². The van der Waals surface area contributed by atoms with Crippen molar-refractivity contribution < 1.29 is 4.92 Å². The molecule has 0 aromatic heterocycles. The van der Waals surface area contributed by atoms with Gasteiger partial charge in [-0.15, -0.1) is 0 Å². The van der Waals surface area contributed by atoms with Crippen LogP contribution in [-0.2, 0) is 0 Å². The highest BCUT2D eigenvalue weighted by molar-refractivity contribution is 5.83. The van der Waals surface area contributed by atoms with Crippen LogP contribution >= 0.6 is 0 Å². The van der Waals surface area contributed by atoms with Gasteiger partial charge < -0.3 is 5.32 Å². The molecule has 0 aliphatic rings. The van der Waals surface area contributed by atoms with Crippen molar-refractivity contribution in [3.05, 3.63) is 69.8 Å². The molecule has 0 saturated carbocycles. The van der Waals surface area contributed by atoms with Gasteiger partial charge in [0.1, 0.15) is 0 Å². The topological polar surface area (TPSA) is 79.9 Å². The van der Waals surface area contributed by atoms with Gasteiger partial charge in [0.15, 0.2) is 0 Å². The Morgan fingerprint density at radius 2 is 1.43 bits per heavy atom. The van der Waals surface area contributed by atoms with E-state index in [-0.39, 0.29) is 5.69 Å². The van der Waals surface area contributed by atoms with Crippen molar-refractivity contribution in [3.8, 4) is 0 Å². The first-order valence-electron chi connectivity index (χ1n) is 6.28. The number of benzene rings is 2. The fourth-order valence-electron chi connectivity index (χ4n) is 1.62. The number of non-ortho nitro benzene ring substituents is 1. The minimum Gasteiger partial charge on any atom is -0.388 e. The van der Waals surface area contributed by atoms with Crippen LogP contribution in [-0.4, -0.2) is 24.4 Å². The summed E-state index contributed by atoms with van der Waals surface area (Å²) in [5.41, 5.74) is 2.78. The Hall–Kier alpha value is -3.02. The van der Waals surface area contributed by atoms with E-state index in [4.69, 9.17) is 0 Å². The van der Waals surface area contributed by atoms with E-state index in [2.05, 4.69) is 15.5 Å². The van der Waals surface area contributed by atoms with Crippen LogP contribution in [0.15, 0.2) is 58.7 Å². The SMILES string of the molecule is CNc1ccc(/C=N/N=C/c2ccc([N+](=O)[O-])cc2)cc1. The Morgan fingerprint density at radius 3 is 1.86 bits per heavy atom. The van der Waals surface area contributed by atoms with Crippen LogP contribution < -0.4 is 5.32 Å². The number of nitro groups is 1. The monoisotopic (exact) mass is 282 g/mol.